The van der Waals surface area contributed by atoms with Crippen molar-refractivity contribution in [2.75, 3.05) is 0 Å². The van der Waals surface area contributed by atoms with E-state index >= 15 is 0 Å². The molecule has 1 aromatic heterocycles. The highest BCUT2D eigenvalue weighted by atomic mass is 16.3. The monoisotopic (exact) mass is 126 g/mol. The first-order valence-corrected chi connectivity index (χ1v) is 2.22. The number of rotatable bonds is 0. The number of amides is 1. The van der Waals surface area contributed by atoms with Crippen LogP contribution in [0.4, 0.5) is 4.79 Å². The molecule has 1 amide bonds. The quantitative estimate of drug-likeness (QED) is 0.528. The number of nitrogens with two attached hydrogens (primary N) is 1. The van der Waals surface area contributed by atoms with E-state index in [1.807, 2.05) is 0 Å². The highest BCUT2D eigenvalue weighted by Gasteiger charge is 2.04. The van der Waals surface area contributed by atoms with Crippen LogP contribution in [0.3, 0.4) is 0 Å². The summed E-state index contributed by atoms with van der Waals surface area (Å²) < 4.78 is 0.722. The van der Waals surface area contributed by atoms with Gasteiger partial charge >= 0.3 is 12.0 Å². The third kappa shape index (κ3) is 0.835. The molecule has 0 atom stereocenters. The topological polar surface area (TPSA) is 80.8 Å². The molecule has 1 heterocycles. The van der Waals surface area contributed by atoms with E-state index in [4.69, 9.17) is 5.73 Å². The van der Waals surface area contributed by atoms with Gasteiger partial charge in [0.25, 0.3) is 0 Å². The normalized spacial score (nSPS) is 9.33. The molecule has 0 aliphatic rings. The standard InChI is InChI=1S/C4H4N3O2/c5-3(8)7-2-1-6-4(7)9/h1-2H,(H2,5,8). The van der Waals surface area contributed by atoms with Crippen LogP contribution in [-0.2, 0) is 5.11 Å². The van der Waals surface area contributed by atoms with Crippen LogP contribution in [-0.4, -0.2) is 15.6 Å². The minimum atomic E-state index is -0.808. The molecule has 0 aliphatic heterocycles. The summed E-state index contributed by atoms with van der Waals surface area (Å²) in [6.45, 7) is 0. The number of imidazole rings is 1. The van der Waals surface area contributed by atoms with Gasteiger partial charge in [-0.3, -0.25) is 0 Å². The van der Waals surface area contributed by atoms with Crippen LogP contribution in [0.1, 0.15) is 0 Å². The van der Waals surface area contributed by atoms with E-state index in [-0.39, 0.29) is 0 Å². The summed E-state index contributed by atoms with van der Waals surface area (Å²) in [6, 6.07) is -1.44. The SMILES string of the molecule is NC(=O)n1ccnc1[O]. The molecular weight excluding hydrogens is 122 g/mol. The molecule has 0 aliphatic carbocycles. The molecule has 1 rings (SSSR count). The Hall–Kier alpha value is -1.52. The van der Waals surface area contributed by atoms with Crippen molar-refractivity contribution in [2.24, 2.45) is 5.73 Å². The maximum atomic E-state index is 10.4. The summed E-state index contributed by atoms with van der Waals surface area (Å²) >= 11 is 0. The van der Waals surface area contributed by atoms with E-state index in [0.29, 0.717) is 0 Å². The number of nitrogens with zero attached hydrogens (tertiary/aromatic N) is 2. The number of carbonyl (C=O) groups is 1. The van der Waals surface area contributed by atoms with Gasteiger partial charge in [0.1, 0.15) is 0 Å². The molecule has 0 saturated heterocycles. The van der Waals surface area contributed by atoms with Crippen LogP contribution in [0.15, 0.2) is 12.4 Å². The van der Waals surface area contributed by atoms with Gasteiger partial charge < -0.3 is 5.73 Å². The summed E-state index contributed by atoms with van der Waals surface area (Å²) in [5, 5.41) is 10.4. The van der Waals surface area contributed by atoms with Crippen molar-refractivity contribution < 1.29 is 9.90 Å². The Morgan fingerprint density at radius 2 is 2.44 bits per heavy atom. The van der Waals surface area contributed by atoms with Crippen molar-refractivity contribution in [3.05, 3.63) is 12.4 Å². The van der Waals surface area contributed by atoms with E-state index in [0.717, 1.165) is 4.57 Å². The summed E-state index contributed by atoms with van der Waals surface area (Å²) in [5.41, 5.74) is 4.74. The molecule has 1 aromatic rings. The molecule has 1 radical (unpaired) electrons. The summed E-state index contributed by atoms with van der Waals surface area (Å²) in [7, 11) is 0. The van der Waals surface area contributed by atoms with Crippen molar-refractivity contribution in [1.82, 2.24) is 9.55 Å². The molecule has 5 nitrogen and oxygen atoms in total. The van der Waals surface area contributed by atoms with Gasteiger partial charge in [-0.2, -0.15) is 4.98 Å². The lowest BCUT2D eigenvalue weighted by molar-refractivity contribution is 0.241. The molecular formula is C4H4N3O2. The van der Waals surface area contributed by atoms with E-state index in [1.54, 1.807) is 0 Å². The third-order valence-electron chi connectivity index (χ3n) is 0.844. The summed E-state index contributed by atoms with van der Waals surface area (Å²) in [5.74, 6) is 0. The zero-order chi connectivity index (χ0) is 6.85. The lowest BCUT2D eigenvalue weighted by Crippen LogP contribution is -2.17. The van der Waals surface area contributed by atoms with E-state index in [1.165, 1.54) is 12.4 Å². The molecule has 0 aromatic carbocycles. The highest BCUT2D eigenvalue weighted by molar-refractivity contribution is 5.75. The van der Waals surface area contributed by atoms with Gasteiger partial charge in [0, 0.05) is 12.4 Å². The van der Waals surface area contributed by atoms with Crippen molar-refractivity contribution in [2.45, 2.75) is 0 Å². The first-order chi connectivity index (χ1) is 4.22. The van der Waals surface area contributed by atoms with E-state index in [9.17, 15) is 9.90 Å². The van der Waals surface area contributed by atoms with Crippen LogP contribution in [0.25, 0.3) is 0 Å². The molecule has 2 N–H and O–H groups in total. The number of aromatic nitrogens is 2. The van der Waals surface area contributed by atoms with Gasteiger partial charge in [-0.05, 0) is 0 Å². The minimum absolute atomic E-state index is 0.637. The average Bonchev–Trinajstić information content (AvgIpc) is 2.13. The maximum Gasteiger partial charge on any atom is 0.355 e. The van der Waals surface area contributed by atoms with E-state index < -0.39 is 12.0 Å². The minimum Gasteiger partial charge on any atom is -0.351 e. The molecule has 0 saturated carbocycles. The van der Waals surface area contributed by atoms with Crippen molar-refractivity contribution in [3.63, 3.8) is 0 Å². The van der Waals surface area contributed by atoms with Crippen LogP contribution < -0.4 is 5.73 Å². The van der Waals surface area contributed by atoms with Crippen LogP contribution >= 0.6 is 0 Å². The van der Waals surface area contributed by atoms with Gasteiger partial charge in [0.15, 0.2) is 0 Å². The number of primary amides is 1. The Morgan fingerprint density at radius 3 is 2.67 bits per heavy atom. The second kappa shape index (κ2) is 1.77. The molecule has 0 bridgehead atoms. The largest absolute Gasteiger partial charge is 0.355 e. The molecule has 0 unspecified atom stereocenters. The van der Waals surface area contributed by atoms with Gasteiger partial charge in [-0.1, -0.05) is 0 Å². The Balaban J connectivity index is 3.08. The number of carbonyl (C=O) groups excluding carboxylic acids is 1. The zero-order valence-corrected chi connectivity index (χ0v) is 4.44. The summed E-state index contributed by atoms with van der Waals surface area (Å²) in [4.78, 5) is 13.5. The Kier molecular flexibility index (Phi) is 1.11. The second-order valence-electron chi connectivity index (χ2n) is 1.42. The molecule has 0 spiro atoms. The fraction of sp³-hybridized carbons (Fsp3) is 0. The van der Waals surface area contributed by atoms with Crippen molar-refractivity contribution >= 4 is 6.03 Å². The smallest absolute Gasteiger partial charge is 0.351 e. The summed E-state index contributed by atoms with van der Waals surface area (Å²) in [6.07, 6.45) is 2.43. The van der Waals surface area contributed by atoms with Crippen LogP contribution in [0.2, 0.25) is 0 Å². The van der Waals surface area contributed by atoms with Crippen LogP contribution in [0.5, 0.6) is 6.01 Å². The number of hydrogen-bond acceptors (Lipinski definition) is 2. The predicted octanol–water partition coefficient (Wildman–Crippen LogP) is -0.0463. The first kappa shape index (κ1) is 5.61. The van der Waals surface area contributed by atoms with E-state index in [2.05, 4.69) is 4.98 Å². The highest BCUT2D eigenvalue weighted by Crippen LogP contribution is 2.02. The molecule has 0 fully saturated rings. The Labute approximate surface area is 50.7 Å². The molecule has 5 heteroatoms. The molecule has 47 valence electrons. The maximum absolute atomic E-state index is 10.4. The predicted molar refractivity (Wildman–Crippen MR) is 27.3 cm³/mol. The van der Waals surface area contributed by atoms with Crippen LogP contribution in [0, 0.1) is 0 Å². The van der Waals surface area contributed by atoms with Gasteiger partial charge in [-0.25, -0.2) is 14.5 Å². The van der Waals surface area contributed by atoms with Gasteiger partial charge in [-0.15, -0.1) is 0 Å². The molecule has 9 heavy (non-hydrogen) atoms. The second-order valence-corrected chi connectivity index (χ2v) is 1.42. The first-order valence-electron chi connectivity index (χ1n) is 2.22. The Bertz CT molecular complexity index is 229. The average molecular weight is 126 g/mol. The van der Waals surface area contributed by atoms with Gasteiger partial charge in [0.2, 0.25) is 0 Å². The number of hydrogen-bond donors (Lipinski definition) is 1. The third-order valence-corrected chi connectivity index (χ3v) is 0.844. The van der Waals surface area contributed by atoms with Crippen molar-refractivity contribution in [3.8, 4) is 6.01 Å². The lowest BCUT2D eigenvalue weighted by atomic mass is 10.8. The lowest BCUT2D eigenvalue weighted by Gasteiger charge is -1.89. The van der Waals surface area contributed by atoms with Gasteiger partial charge in [0.05, 0.1) is 0 Å². The van der Waals surface area contributed by atoms with Crippen molar-refractivity contribution in [1.29, 1.82) is 0 Å². The fourth-order valence-corrected chi connectivity index (χ4v) is 0.457. The fourth-order valence-electron chi connectivity index (χ4n) is 0.457. The Morgan fingerprint density at radius 1 is 1.78 bits per heavy atom. The zero-order valence-electron chi connectivity index (χ0n) is 4.44.